The van der Waals surface area contributed by atoms with E-state index in [1.807, 2.05) is 37.4 Å². The summed E-state index contributed by atoms with van der Waals surface area (Å²) < 4.78 is 6.62. The predicted molar refractivity (Wildman–Crippen MR) is 111 cm³/mol. The first-order chi connectivity index (χ1) is 11.5. The van der Waals surface area contributed by atoms with Gasteiger partial charge in [-0.3, -0.25) is 4.79 Å². The number of nitrogens with zero attached hydrogens (tertiary/aromatic N) is 1. The van der Waals surface area contributed by atoms with Gasteiger partial charge in [-0.15, -0.1) is 0 Å². The quantitative estimate of drug-likeness (QED) is 0.312. The molecule has 1 fully saturated rings. The summed E-state index contributed by atoms with van der Waals surface area (Å²) in [5.74, 6) is -0.0225. The molecule has 0 N–H and O–H groups in total. The Bertz CT molecular complexity index is 639. The molecule has 5 heteroatoms. The molecule has 0 unspecified atom stereocenters. The molecule has 1 aromatic rings. The van der Waals surface area contributed by atoms with Crippen LogP contribution in [0.1, 0.15) is 39.7 Å². The third-order valence-corrected chi connectivity index (χ3v) is 10.8. The molecule has 1 amide bonds. The van der Waals surface area contributed by atoms with E-state index in [0.29, 0.717) is 0 Å². The smallest absolute Gasteiger partial charge is 0.231 e. The van der Waals surface area contributed by atoms with Crippen molar-refractivity contribution in [2.24, 2.45) is 5.92 Å². The number of thiocarbonyl (C=S) groups is 1. The van der Waals surface area contributed by atoms with E-state index in [1.165, 1.54) is 0 Å². The second kappa shape index (κ2) is 7.29. The fraction of sp³-hybridized carbons (Fsp3) is 0.600. The van der Waals surface area contributed by atoms with Crippen molar-refractivity contribution in [1.29, 1.82) is 0 Å². The van der Waals surface area contributed by atoms with Gasteiger partial charge in [0, 0.05) is 11.9 Å². The van der Waals surface area contributed by atoms with Crippen LogP contribution in [0, 0.1) is 5.92 Å². The number of likely N-dealkylation sites (tertiary alicyclic amines) is 1. The Labute approximate surface area is 158 Å². The summed E-state index contributed by atoms with van der Waals surface area (Å²) >= 11 is 5.74. The van der Waals surface area contributed by atoms with Crippen LogP contribution in [0.5, 0.6) is 0 Å². The molecule has 0 aromatic heterocycles. The lowest BCUT2D eigenvalue weighted by atomic mass is 9.79. The molecule has 1 aliphatic rings. The van der Waals surface area contributed by atoms with Crippen LogP contribution in [0.2, 0.25) is 18.1 Å². The van der Waals surface area contributed by atoms with E-state index in [4.69, 9.17) is 16.6 Å². The number of amides is 1. The fourth-order valence-corrected chi connectivity index (χ4v) is 4.97. The fourth-order valence-electron chi connectivity index (χ4n) is 3.11. The summed E-state index contributed by atoms with van der Waals surface area (Å²) in [6.07, 6.45) is 0.751. The van der Waals surface area contributed by atoms with E-state index in [-0.39, 0.29) is 29.0 Å². The minimum absolute atomic E-state index is 0.0559. The van der Waals surface area contributed by atoms with Crippen molar-refractivity contribution >= 4 is 31.3 Å². The van der Waals surface area contributed by atoms with E-state index >= 15 is 0 Å². The number of β-lactam (4-membered cyclic amide) rings is 1. The minimum Gasteiger partial charge on any atom is -0.413 e. The van der Waals surface area contributed by atoms with Crippen molar-refractivity contribution in [2.75, 3.05) is 7.05 Å². The highest BCUT2D eigenvalue weighted by Crippen LogP contribution is 2.41. The molecule has 0 radical (unpaired) electrons. The van der Waals surface area contributed by atoms with Gasteiger partial charge < -0.3 is 9.33 Å². The number of carbonyl (C=O) groups excluding carboxylic acids is 1. The maximum Gasteiger partial charge on any atom is 0.231 e. The van der Waals surface area contributed by atoms with E-state index in [1.54, 1.807) is 4.90 Å². The third-order valence-electron chi connectivity index (χ3n) is 5.77. The molecule has 1 heterocycles. The van der Waals surface area contributed by atoms with Gasteiger partial charge in [0.05, 0.1) is 18.1 Å². The first-order valence-electron chi connectivity index (χ1n) is 9.05. The number of likely N-dealkylation sites (N-methyl/N-ethyl adjacent to an activating group) is 1. The third kappa shape index (κ3) is 3.88. The molecule has 0 saturated carbocycles. The Kier molecular flexibility index (Phi) is 5.91. The Morgan fingerprint density at radius 3 is 2.32 bits per heavy atom. The van der Waals surface area contributed by atoms with Crippen LogP contribution < -0.4 is 0 Å². The maximum absolute atomic E-state index is 12.6. The normalized spacial score (nSPS) is 22.5. The summed E-state index contributed by atoms with van der Waals surface area (Å²) in [5, 5.41) is 0.120. The first-order valence-corrected chi connectivity index (χ1v) is 12.4. The summed E-state index contributed by atoms with van der Waals surface area (Å²) in [7, 11) is -0.0984. The molecule has 0 bridgehead atoms. The van der Waals surface area contributed by atoms with Crippen LogP contribution in [0.15, 0.2) is 30.3 Å². The lowest BCUT2D eigenvalue weighted by molar-refractivity contribution is -0.155. The molecule has 0 aliphatic carbocycles. The van der Waals surface area contributed by atoms with Crippen LogP contribution in [0.3, 0.4) is 0 Å². The van der Waals surface area contributed by atoms with E-state index in [9.17, 15) is 4.79 Å². The molecule has 0 spiro atoms. The number of carbonyl (C=O) groups is 1. The van der Waals surface area contributed by atoms with Crippen LogP contribution in [0.25, 0.3) is 0 Å². The molecule has 3 nitrogen and oxygen atoms in total. The molecule has 2 rings (SSSR count). The molecule has 25 heavy (non-hydrogen) atoms. The van der Waals surface area contributed by atoms with Crippen LogP contribution in [-0.2, 0) is 9.22 Å². The van der Waals surface area contributed by atoms with Crippen molar-refractivity contribution in [1.82, 2.24) is 4.90 Å². The van der Waals surface area contributed by atoms with Gasteiger partial charge in [0.15, 0.2) is 8.32 Å². The zero-order valence-electron chi connectivity index (χ0n) is 16.5. The summed E-state index contributed by atoms with van der Waals surface area (Å²) in [5.41, 5.74) is 1.02. The van der Waals surface area contributed by atoms with E-state index < -0.39 is 8.32 Å². The number of hydrogen-bond acceptors (Lipinski definition) is 3. The van der Waals surface area contributed by atoms with Gasteiger partial charge >= 0.3 is 0 Å². The standard InChI is InChI=1S/C20H31NO2SSi/c1-8-15(23-25(6,7)20(2,3)4)16-17(21(5)19(16)22)18(24)14-12-10-9-11-13-14/h9-13,15-17H,8H2,1-7H3/t15-,16-,17+/m0/s1. The van der Waals surface area contributed by atoms with Crippen LogP contribution in [-0.4, -0.2) is 43.2 Å². The summed E-state index contributed by atoms with van der Waals surface area (Å²) in [6.45, 7) is 13.3. The van der Waals surface area contributed by atoms with Crippen molar-refractivity contribution in [3.05, 3.63) is 35.9 Å². The van der Waals surface area contributed by atoms with Gasteiger partial charge in [0.2, 0.25) is 5.91 Å². The second-order valence-electron chi connectivity index (χ2n) is 8.47. The summed E-state index contributed by atoms with van der Waals surface area (Å²) in [6, 6.07) is 9.94. The molecule has 1 aliphatic heterocycles. The Morgan fingerprint density at radius 1 is 1.28 bits per heavy atom. The Morgan fingerprint density at radius 2 is 1.84 bits per heavy atom. The first kappa shape index (κ1) is 20.3. The van der Waals surface area contributed by atoms with E-state index in [0.717, 1.165) is 16.8 Å². The highest BCUT2D eigenvalue weighted by Gasteiger charge is 2.53. The number of benzene rings is 1. The number of hydrogen-bond donors (Lipinski definition) is 0. The summed E-state index contributed by atoms with van der Waals surface area (Å²) in [4.78, 5) is 15.3. The topological polar surface area (TPSA) is 29.5 Å². The number of rotatable bonds is 6. The SMILES string of the molecule is CC[C@H](O[Si](C)(C)C(C)(C)C)[C@@H]1C(=O)N(C)[C@H]1C(=S)c1ccccc1. The molecule has 3 atom stereocenters. The van der Waals surface area contributed by atoms with Gasteiger partial charge in [0.25, 0.3) is 0 Å². The average molecular weight is 378 g/mol. The van der Waals surface area contributed by atoms with Crippen molar-refractivity contribution in [2.45, 2.75) is 64.4 Å². The van der Waals surface area contributed by atoms with Crippen molar-refractivity contribution in [3.8, 4) is 0 Å². The van der Waals surface area contributed by atoms with E-state index in [2.05, 4.69) is 40.8 Å². The zero-order valence-corrected chi connectivity index (χ0v) is 18.3. The Hall–Kier alpha value is -1.04. The maximum atomic E-state index is 12.6. The van der Waals surface area contributed by atoms with Gasteiger partial charge in [-0.1, -0.05) is 70.2 Å². The lowest BCUT2D eigenvalue weighted by Gasteiger charge is -2.51. The molecular formula is C20H31NO2SSi. The largest absolute Gasteiger partial charge is 0.413 e. The molecule has 1 aromatic carbocycles. The highest BCUT2D eigenvalue weighted by molar-refractivity contribution is 7.81. The minimum atomic E-state index is -1.94. The Balaban J connectivity index is 2.25. The lowest BCUT2D eigenvalue weighted by Crippen LogP contribution is -2.67. The van der Waals surface area contributed by atoms with Gasteiger partial charge in [-0.25, -0.2) is 0 Å². The monoisotopic (exact) mass is 377 g/mol. The van der Waals surface area contributed by atoms with Crippen molar-refractivity contribution in [3.63, 3.8) is 0 Å². The van der Waals surface area contributed by atoms with Crippen molar-refractivity contribution < 1.29 is 9.22 Å². The predicted octanol–water partition coefficient (Wildman–Crippen LogP) is 4.66. The van der Waals surface area contributed by atoms with Gasteiger partial charge in [0.1, 0.15) is 0 Å². The molecule has 1 saturated heterocycles. The second-order valence-corrected chi connectivity index (χ2v) is 13.7. The molecule has 138 valence electrons. The average Bonchev–Trinajstić information content (AvgIpc) is 2.56. The van der Waals surface area contributed by atoms with Crippen LogP contribution >= 0.6 is 12.2 Å². The zero-order chi connectivity index (χ0) is 19.0. The molecular weight excluding hydrogens is 346 g/mol. The van der Waals surface area contributed by atoms with Gasteiger partial charge in [-0.05, 0) is 30.1 Å². The van der Waals surface area contributed by atoms with Crippen LogP contribution in [0.4, 0.5) is 0 Å². The van der Waals surface area contributed by atoms with Gasteiger partial charge in [-0.2, -0.15) is 0 Å². The highest BCUT2D eigenvalue weighted by atomic mass is 32.1.